The minimum absolute atomic E-state index is 0.330. The molecule has 0 fully saturated rings. The Hall–Kier alpha value is -1.67. The van der Waals surface area contributed by atoms with Crippen LogP contribution >= 0.6 is 0 Å². The van der Waals surface area contributed by atoms with Crippen molar-refractivity contribution in [1.82, 2.24) is 0 Å². The molecule has 0 amide bonds. The minimum atomic E-state index is -0.767. The van der Waals surface area contributed by atoms with Crippen molar-refractivity contribution < 1.29 is 9.50 Å². The molecule has 0 radical (unpaired) electrons. The molecule has 0 aliphatic carbocycles. The van der Waals surface area contributed by atoms with E-state index in [1.807, 2.05) is 31.2 Å². The summed E-state index contributed by atoms with van der Waals surface area (Å²) in [6.07, 6.45) is -0.767. The summed E-state index contributed by atoms with van der Waals surface area (Å²) in [5.74, 6) is -0.330. The molecule has 2 aromatic rings. The summed E-state index contributed by atoms with van der Waals surface area (Å²) in [6.45, 7) is 1.98. The van der Waals surface area contributed by atoms with E-state index in [4.69, 9.17) is 0 Å². The van der Waals surface area contributed by atoms with Crippen molar-refractivity contribution in [3.8, 4) is 0 Å². The third-order valence-corrected chi connectivity index (χ3v) is 2.56. The molecule has 0 unspecified atom stereocenters. The first kappa shape index (κ1) is 10.8. The number of aliphatic hydroxyl groups excluding tert-OH is 1. The van der Waals surface area contributed by atoms with Crippen molar-refractivity contribution in [3.05, 3.63) is 71.0 Å². The first-order valence-corrected chi connectivity index (χ1v) is 5.17. The van der Waals surface area contributed by atoms with E-state index in [1.165, 1.54) is 12.1 Å². The van der Waals surface area contributed by atoms with Gasteiger partial charge in [0.25, 0.3) is 0 Å². The largest absolute Gasteiger partial charge is 0.384 e. The Morgan fingerprint density at radius 3 is 2.31 bits per heavy atom. The SMILES string of the molecule is Cc1ccc([C@@H](O)c2cccc(F)c2)cc1. The Kier molecular flexibility index (Phi) is 3.02. The standard InChI is InChI=1S/C14H13FO/c1-10-5-7-11(8-6-10)14(16)12-3-2-4-13(15)9-12/h2-9,14,16H,1H3/t14-/m1/s1. The molecule has 0 bridgehead atoms. The highest BCUT2D eigenvalue weighted by Crippen LogP contribution is 2.22. The highest BCUT2D eigenvalue weighted by Gasteiger charge is 2.10. The van der Waals surface area contributed by atoms with Crippen LogP contribution in [0.15, 0.2) is 48.5 Å². The van der Waals surface area contributed by atoms with Gasteiger partial charge in [0.05, 0.1) is 0 Å². The smallest absolute Gasteiger partial charge is 0.123 e. The van der Waals surface area contributed by atoms with E-state index in [-0.39, 0.29) is 5.82 Å². The molecule has 0 aromatic heterocycles. The van der Waals surface area contributed by atoms with Gasteiger partial charge >= 0.3 is 0 Å². The molecule has 2 aromatic carbocycles. The molecule has 0 aliphatic heterocycles. The molecule has 1 N–H and O–H groups in total. The molecule has 2 rings (SSSR count). The number of halogens is 1. The summed E-state index contributed by atoms with van der Waals surface area (Å²) in [6, 6.07) is 13.6. The van der Waals surface area contributed by atoms with E-state index in [1.54, 1.807) is 12.1 Å². The van der Waals surface area contributed by atoms with Gasteiger partial charge in [-0.2, -0.15) is 0 Å². The van der Waals surface area contributed by atoms with Crippen molar-refractivity contribution in [3.63, 3.8) is 0 Å². The van der Waals surface area contributed by atoms with Crippen LogP contribution in [0.2, 0.25) is 0 Å². The van der Waals surface area contributed by atoms with Gasteiger partial charge in [0.1, 0.15) is 11.9 Å². The predicted molar refractivity (Wildman–Crippen MR) is 61.6 cm³/mol. The fourth-order valence-corrected chi connectivity index (χ4v) is 1.62. The lowest BCUT2D eigenvalue weighted by molar-refractivity contribution is 0.220. The van der Waals surface area contributed by atoms with E-state index in [2.05, 4.69) is 0 Å². The van der Waals surface area contributed by atoms with Crippen LogP contribution in [0.1, 0.15) is 22.8 Å². The van der Waals surface area contributed by atoms with Crippen LogP contribution in [0, 0.1) is 12.7 Å². The van der Waals surface area contributed by atoms with E-state index >= 15 is 0 Å². The lowest BCUT2D eigenvalue weighted by Crippen LogP contribution is -1.99. The average molecular weight is 216 g/mol. The summed E-state index contributed by atoms with van der Waals surface area (Å²) in [5.41, 5.74) is 2.48. The monoisotopic (exact) mass is 216 g/mol. The van der Waals surface area contributed by atoms with Gasteiger partial charge in [-0.1, -0.05) is 42.0 Å². The normalized spacial score (nSPS) is 12.4. The van der Waals surface area contributed by atoms with Crippen molar-refractivity contribution in [2.45, 2.75) is 13.0 Å². The third kappa shape index (κ3) is 2.28. The number of aliphatic hydroxyl groups is 1. The van der Waals surface area contributed by atoms with E-state index in [0.29, 0.717) is 5.56 Å². The van der Waals surface area contributed by atoms with Gasteiger partial charge in [-0.05, 0) is 30.2 Å². The van der Waals surface area contributed by atoms with Crippen molar-refractivity contribution in [2.75, 3.05) is 0 Å². The maximum Gasteiger partial charge on any atom is 0.123 e. The molecule has 2 heteroatoms. The zero-order chi connectivity index (χ0) is 11.5. The third-order valence-electron chi connectivity index (χ3n) is 2.56. The van der Waals surface area contributed by atoms with Gasteiger partial charge in [-0.15, -0.1) is 0 Å². The van der Waals surface area contributed by atoms with Crippen LogP contribution in [0.5, 0.6) is 0 Å². The number of hydrogen-bond acceptors (Lipinski definition) is 1. The highest BCUT2D eigenvalue weighted by atomic mass is 19.1. The fourth-order valence-electron chi connectivity index (χ4n) is 1.62. The van der Waals surface area contributed by atoms with E-state index in [0.717, 1.165) is 11.1 Å². The van der Waals surface area contributed by atoms with Crippen molar-refractivity contribution in [2.24, 2.45) is 0 Å². The Morgan fingerprint density at radius 2 is 1.69 bits per heavy atom. The van der Waals surface area contributed by atoms with E-state index in [9.17, 15) is 9.50 Å². The second-order valence-corrected chi connectivity index (χ2v) is 3.87. The first-order chi connectivity index (χ1) is 7.66. The summed E-state index contributed by atoms with van der Waals surface area (Å²) < 4.78 is 13.0. The Morgan fingerprint density at radius 1 is 1.00 bits per heavy atom. The average Bonchev–Trinajstić information content (AvgIpc) is 2.29. The Balaban J connectivity index is 2.31. The molecule has 0 aliphatic rings. The number of aryl methyl sites for hydroxylation is 1. The zero-order valence-corrected chi connectivity index (χ0v) is 9.02. The molecular weight excluding hydrogens is 203 g/mol. The van der Waals surface area contributed by atoms with Crippen LogP contribution in [0.25, 0.3) is 0 Å². The lowest BCUT2D eigenvalue weighted by Gasteiger charge is -2.11. The van der Waals surface area contributed by atoms with Gasteiger partial charge in [0.15, 0.2) is 0 Å². The van der Waals surface area contributed by atoms with Gasteiger partial charge < -0.3 is 5.11 Å². The molecule has 0 heterocycles. The fraction of sp³-hybridized carbons (Fsp3) is 0.143. The highest BCUT2D eigenvalue weighted by molar-refractivity contribution is 5.31. The molecule has 82 valence electrons. The molecule has 1 atom stereocenters. The second-order valence-electron chi connectivity index (χ2n) is 3.87. The summed E-state index contributed by atoms with van der Waals surface area (Å²) in [7, 11) is 0. The maximum atomic E-state index is 13.0. The predicted octanol–water partition coefficient (Wildman–Crippen LogP) is 3.22. The molecule has 16 heavy (non-hydrogen) atoms. The number of rotatable bonds is 2. The first-order valence-electron chi connectivity index (χ1n) is 5.17. The quantitative estimate of drug-likeness (QED) is 0.817. The van der Waals surface area contributed by atoms with E-state index < -0.39 is 6.10 Å². The van der Waals surface area contributed by atoms with Gasteiger partial charge in [-0.3, -0.25) is 0 Å². The molecule has 1 nitrogen and oxygen atoms in total. The zero-order valence-electron chi connectivity index (χ0n) is 9.02. The van der Waals surface area contributed by atoms with Crippen LogP contribution in [0.4, 0.5) is 4.39 Å². The van der Waals surface area contributed by atoms with Crippen molar-refractivity contribution >= 4 is 0 Å². The number of benzene rings is 2. The Labute approximate surface area is 94.2 Å². The number of hydrogen-bond donors (Lipinski definition) is 1. The van der Waals surface area contributed by atoms with Gasteiger partial charge in [-0.25, -0.2) is 4.39 Å². The van der Waals surface area contributed by atoms with Crippen LogP contribution in [-0.2, 0) is 0 Å². The molecule has 0 saturated carbocycles. The molecule has 0 saturated heterocycles. The molecular formula is C14H13FO. The molecule has 0 spiro atoms. The summed E-state index contributed by atoms with van der Waals surface area (Å²) in [4.78, 5) is 0. The minimum Gasteiger partial charge on any atom is -0.384 e. The van der Waals surface area contributed by atoms with Crippen molar-refractivity contribution in [1.29, 1.82) is 0 Å². The van der Waals surface area contributed by atoms with Crippen LogP contribution in [0.3, 0.4) is 0 Å². The summed E-state index contributed by atoms with van der Waals surface area (Å²) in [5, 5.41) is 10.0. The van der Waals surface area contributed by atoms with Gasteiger partial charge in [0, 0.05) is 0 Å². The van der Waals surface area contributed by atoms with Gasteiger partial charge in [0.2, 0.25) is 0 Å². The van der Waals surface area contributed by atoms with Crippen LogP contribution in [-0.4, -0.2) is 5.11 Å². The maximum absolute atomic E-state index is 13.0. The second kappa shape index (κ2) is 4.45. The Bertz CT molecular complexity index is 476. The van der Waals surface area contributed by atoms with Crippen LogP contribution < -0.4 is 0 Å². The lowest BCUT2D eigenvalue weighted by atomic mass is 10.0. The summed E-state index contributed by atoms with van der Waals surface area (Å²) >= 11 is 0. The topological polar surface area (TPSA) is 20.2 Å².